The van der Waals surface area contributed by atoms with Crippen LogP contribution in [0.25, 0.3) is 0 Å². The van der Waals surface area contributed by atoms with Crippen molar-refractivity contribution >= 4 is 11.4 Å². The molecule has 114 valence electrons. The van der Waals surface area contributed by atoms with Crippen LogP contribution >= 0.6 is 0 Å². The smallest absolute Gasteiger partial charge is 0.292 e. The van der Waals surface area contributed by atoms with Crippen molar-refractivity contribution in [2.45, 2.75) is 18.9 Å². The molecule has 1 heterocycles. The minimum absolute atomic E-state index is 0.169. The maximum absolute atomic E-state index is 11.3. The number of para-hydroxylation sites is 2. The van der Waals surface area contributed by atoms with E-state index in [2.05, 4.69) is 4.90 Å². The summed E-state index contributed by atoms with van der Waals surface area (Å²) in [6.45, 7) is 0.835. The highest BCUT2D eigenvalue weighted by atomic mass is 16.6. The fraction of sp³-hybridized carbons (Fsp3) is 0.294. The molecule has 22 heavy (non-hydrogen) atoms. The first-order chi connectivity index (χ1) is 10.7. The number of nitro groups is 1. The van der Waals surface area contributed by atoms with Gasteiger partial charge in [-0.05, 0) is 36.6 Å². The van der Waals surface area contributed by atoms with Gasteiger partial charge in [0, 0.05) is 12.6 Å². The van der Waals surface area contributed by atoms with Gasteiger partial charge in [0.05, 0.1) is 18.1 Å². The second-order valence-corrected chi connectivity index (χ2v) is 5.37. The maximum Gasteiger partial charge on any atom is 0.292 e. The van der Waals surface area contributed by atoms with Crippen molar-refractivity contribution in [3.63, 3.8) is 0 Å². The van der Waals surface area contributed by atoms with Crippen LogP contribution in [-0.4, -0.2) is 18.6 Å². The third-order valence-electron chi connectivity index (χ3n) is 4.14. The molecule has 0 N–H and O–H groups in total. The summed E-state index contributed by atoms with van der Waals surface area (Å²) in [5.41, 5.74) is 2.03. The molecule has 0 saturated carbocycles. The number of anilines is 1. The SMILES string of the molecule is COc1ccc(C2CCCN2c2ccccc2[N+](=O)[O-])cc1. The first kappa shape index (κ1) is 14.4. The van der Waals surface area contributed by atoms with Gasteiger partial charge in [-0.2, -0.15) is 0 Å². The minimum Gasteiger partial charge on any atom is -0.497 e. The van der Waals surface area contributed by atoms with Crippen LogP contribution in [0.15, 0.2) is 48.5 Å². The molecule has 0 radical (unpaired) electrons. The normalized spacial score (nSPS) is 17.5. The van der Waals surface area contributed by atoms with Gasteiger partial charge in [-0.3, -0.25) is 10.1 Å². The predicted molar refractivity (Wildman–Crippen MR) is 85.4 cm³/mol. The van der Waals surface area contributed by atoms with Crippen LogP contribution in [0.2, 0.25) is 0 Å². The molecule has 5 heteroatoms. The van der Waals surface area contributed by atoms with Crippen molar-refractivity contribution in [3.8, 4) is 5.75 Å². The third kappa shape index (κ3) is 2.62. The first-order valence-electron chi connectivity index (χ1n) is 7.34. The summed E-state index contributed by atoms with van der Waals surface area (Å²) in [5, 5.41) is 11.3. The summed E-state index contributed by atoms with van der Waals surface area (Å²) in [6, 6.07) is 15.1. The van der Waals surface area contributed by atoms with Gasteiger partial charge in [0.2, 0.25) is 0 Å². The number of hydrogen-bond donors (Lipinski definition) is 0. The van der Waals surface area contributed by atoms with Crippen molar-refractivity contribution in [1.82, 2.24) is 0 Å². The highest BCUT2D eigenvalue weighted by Crippen LogP contribution is 2.40. The number of nitrogens with zero attached hydrogens (tertiary/aromatic N) is 2. The van der Waals surface area contributed by atoms with E-state index in [0.29, 0.717) is 5.69 Å². The Balaban J connectivity index is 1.94. The van der Waals surface area contributed by atoms with Crippen molar-refractivity contribution in [1.29, 1.82) is 0 Å². The number of benzene rings is 2. The van der Waals surface area contributed by atoms with Crippen LogP contribution in [0.4, 0.5) is 11.4 Å². The van der Waals surface area contributed by atoms with Gasteiger partial charge >= 0.3 is 0 Å². The van der Waals surface area contributed by atoms with Crippen LogP contribution in [-0.2, 0) is 0 Å². The Hall–Kier alpha value is -2.56. The Morgan fingerprint density at radius 1 is 1.18 bits per heavy atom. The Morgan fingerprint density at radius 2 is 1.91 bits per heavy atom. The monoisotopic (exact) mass is 298 g/mol. The van der Waals surface area contributed by atoms with E-state index in [0.717, 1.165) is 30.7 Å². The van der Waals surface area contributed by atoms with E-state index in [4.69, 9.17) is 4.74 Å². The van der Waals surface area contributed by atoms with E-state index in [-0.39, 0.29) is 16.7 Å². The zero-order valence-corrected chi connectivity index (χ0v) is 12.4. The molecule has 1 saturated heterocycles. The van der Waals surface area contributed by atoms with Gasteiger partial charge in [0.25, 0.3) is 5.69 Å². The van der Waals surface area contributed by atoms with Crippen LogP contribution in [0.5, 0.6) is 5.75 Å². The topological polar surface area (TPSA) is 55.6 Å². The Morgan fingerprint density at radius 3 is 2.59 bits per heavy atom. The molecule has 0 spiro atoms. The van der Waals surface area contributed by atoms with Crippen molar-refractivity contribution in [2.75, 3.05) is 18.6 Å². The lowest BCUT2D eigenvalue weighted by molar-refractivity contribution is -0.384. The zero-order valence-electron chi connectivity index (χ0n) is 12.4. The number of rotatable bonds is 4. The first-order valence-corrected chi connectivity index (χ1v) is 7.34. The Labute approximate surface area is 129 Å². The summed E-state index contributed by atoms with van der Waals surface area (Å²) in [7, 11) is 1.64. The van der Waals surface area contributed by atoms with Crippen LogP contribution in [0, 0.1) is 10.1 Å². The van der Waals surface area contributed by atoms with Gasteiger partial charge in [0.15, 0.2) is 0 Å². The summed E-state index contributed by atoms with van der Waals surface area (Å²) in [5.74, 6) is 0.819. The Kier molecular flexibility index (Phi) is 3.96. The lowest BCUT2D eigenvalue weighted by Gasteiger charge is -2.27. The maximum atomic E-state index is 11.3. The molecule has 1 aliphatic heterocycles. The average molecular weight is 298 g/mol. The van der Waals surface area contributed by atoms with Gasteiger partial charge in [-0.15, -0.1) is 0 Å². The summed E-state index contributed by atoms with van der Waals surface area (Å²) < 4.78 is 5.19. The summed E-state index contributed by atoms with van der Waals surface area (Å²) in [4.78, 5) is 13.1. The van der Waals surface area contributed by atoms with Gasteiger partial charge in [0.1, 0.15) is 11.4 Å². The van der Waals surface area contributed by atoms with Crippen LogP contribution < -0.4 is 9.64 Å². The fourth-order valence-electron chi connectivity index (χ4n) is 3.09. The molecule has 1 atom stereocenters. The van der Waals surface area contributed by atoms with Crippen molar-refractivity contribution < 1.29 is 9.66 Å². The number of ether oxygens (including phenoxy) is 1. The largest absolute Gasteiger partial charge is 0.497 e. The van der Waals surface area contributed by atoms with E-state index in [9.17, 15) is 10.1 Å². The molecule has 5 nitrogen and oxygen atoms in total. The number of hydrogen-bond acceptors (Lipinski definition) is 4. The minimum atomic E-state index is -0.307. The van der Waals surface area contributed by atoms with Gasteiger partial charge in [-0.1, -0.05) is 24.3 Å². The quantitative estimate of drug-likeness (QED) is 0.633. The van der Waals surface area contributed by atoms with Gasteiger partial charge in [-0.25, -0.2) is 0 Å². The Bertz CT molecular complexity index is 670. The molecule has 2 aromatic carbocycles. The number of nitro benzene ring substituents is 1. The molecule has 0 aromatic heterocycles. The third-order valence-corrected chi connectivity index (χ3v) is 4.14. The highest BCUT2D eigenvalue weighted by Gasteiger charge is 2.30. The highest BCUT2D eigenvalue weighted by molar-refractivity contribution is 5.64. The molecule has 1 fully saturated rings. The molecule has 0 bridgehead atoms. The molecular formula is C17H18N2O3. The van der Waals surface area contributed by atoms with E-state index < -0.39 is 0 Å². The van der Waals surface area contributed by atoms with Crippen molar-refractivity contribution in [2.24, 2.45) is 0 Å². The predicted octanol–water partition coefficient (Wildman–Crippen LogP) is 3.94. The van der Waals surface area contributed by atoms with Gasteiger partial charge < -0.3 is 9.64 Å². The fourth-order valence-corrected chi connectivity index (χ4v) is 3.09. The van der Waals surface area contributed by atoms with E-state index in [1.54, 1.807) is 19.2 Å². The molecule has 3 rings (SSSR count). The zero-order chi connectivity index (χ0) is 15.5. The second-order valence-electron chi connectivity index (χ2n) is 5.37. The lowest BCUT2D eigenvalue weighted by Crippen LogP contribution is -2.23. The molecule has 0 aliphatic carbocycles. The second kappa shape index (κ2) is 6.05. The standard InChI is InChI=1S/C17H18N2O3/c1-22-14-10-8-13(9-11-14)15-7-4-12-18(15)16-5-2-3-6-17(16)19(20)21/h2-3,5-6,8-11,15H,4,7,12H2,1H3. The molecule has 2 aromatic rings. The van der Waals surface area contributed by atoms with Crippen LogP contribution in [0.1, 0.15) is 24.4 Å². The van der Waals surface area contributed by atoms with Crippen molar-refractivity contribution in [3.05, 3.63) is 64.2 Å². The lowest BCUT2D eigenvalue weighted by atomic mass is 10.0. The van der Waals surface area contributed by atoms with Crippen LogP contribution in [0.3, 0.4) is 0 Å². The molecular weight excluding hydrogens is 280 g/mol. The summed E-state index contributed by atoms with van der Waals surface area (Å²) >= 11 is 0. The molecule has 1 unspecified atom stereocenters. The van der Waals surface area contributed by atoms with E-state index in [1.165, 1.54) is 0 Å². The molecule has 1 aliphatic rings. The van der Waals surface area contributed by atoms with E-state index in [1.807, 2.05) is 36.4 Å². The molecule has 0 amide bonds. The average Bonchev–Trinajstić information content (AvgIpc) is 3.04. The number of methoxy groups -OCH3 is 1. The van der Waals surface area contributed by atoms with E-state index >= 15 is 0 Å². The summed E-state index contributed by atoms with van der Waals surface area (Å²) in [6.07, 6.45) is 2.03.